The van der Waals surface area contributed by atoms with Crippen LogP contribution < -0.4 is 10.6 Å². The van der Waals surface area contributed by atoms with Crippen LogP contribution in [-0.4, -0.2) is 11.8 Å². The Labute approximate surface area is 160 Å². The zero-order valence-electron chi connectivity index (χ0n) is 14.9. The molecule has 0 atom stereocenters. The largest absolute Gasteiger partial charge is 0.416 e. The van der Waals surface area contributed by atoms with Gasteiger partial charge < -0.3 is 10.6 Å². The number of carbonyl (C=O) groups is 2. The summed E-state index contributed by atoms with van der Waals surface area (Å²) >= 11 is 0. The van der Waals surface area contributed by atoms with Crippen LogP contribution in [0.2, 0.25) is 0 Å². The van der Waals surface area contributed by atoms with E-state index in [1.54, 1.807) is 18.2 Å². The van der Waals surface area contributed by atoms with Gasteiger partial charge in [-0.05, 0) is 54.3 Å². The Kier molecular flexibility index (Phi) is 5.82. The molecule has 28 heavy (non-hydrogen) atoms. The first-order valence-electron chi connectivity index (χ1n) is 8.84. The first kappa shape index (κ1) is 19.7. The quantitative estimate of drug-likeness (QED) is 0.722. The van der Waals surface area contributed by atoms with Crippen molar-refractivity contribution in [3.63, 3.8) is 0 Å². The average molecular weight is 388 g/mol. The van der Waals surface area contributed by atoms with Crippen molar-refractivity contribution in [2.45, 2.75) is 25.6 Å². The summed E-state index contributed by atoms with van der Waals surface area (Å²) in [5.41, 5.74) is 1.27. The molecule has 1 fully saturated rings. The van der Waals surface area contributed by atoms with E-state index >= 15 is 0 Å². The molecule has 1 saturated carbocycles. The lowest BCUT2D eigenvalue weighted by molar-refractivity contribution is -0.137. The highest BCUT2D eigenvalue weighted by molar-refractivity contribution is 5.94. The van der Waals surface area contributed by atoms with Crippen molar-refractivity contribution in [3.8, 4) is 0 Å². The molecule has 2 N–H and O–H groups in total. The third-order valence-corrected chi connectivity index (χ3v) is 4.27. The molecule has 2 amide bonds. The Morgan fingerprint density at radius 1 is 1.07 bits per heavy atom. The van der Waals surface area contributed by atoms with Crippen LogP contribution in [0, 0.1) is 5.92 Å². The Morgan fingerprint density at radius 2 is 1.79 bits per heavy atom. The van der Waals surface area contributed by atoms with Gasteiger partial charge in [-0.3, -0.25) is 9.59 Å². The van der Waals surface area contributed by atoms with Crippen LogP contribution in [0.15, 0.2) is 54.6 Å². The maximum atomic E-state index is 12.5. The molecule has 0 aromatic heterocycles. The predicted octanol–water partition coefficient (Wildman–Crippen LogP) is 4.38. The second-order valence-corrected chi connectivity index (χ2v) is 6.63. The molecule has 0 heterocycles. The van der Waals surface area contributed by atoms with Crippen molar-refractivity contribution in [1.82, 2.24) is 5.32 Å². The molecule has 1 aliphatic carbocycles. The third kappa shape index (κ3) is 5.70. The summed E-state index contributed by atoms with van der Waals surface area (Å²) in [5.74, 6) is -0.244. The minimum absolute atomic E-state index is 0.0145. The smallest absolute Gasteiger partial charge is 0.348 e. The Balaban J connectivity index is 1.51. The van der Waals surface area contributed by atoms with Gasteiger partial charge in [0.1, 0.15) is 0 Å². The van der Waals surface area contributed by atoms with Gasteiger partial charge in [-0.2, -0.15) is 13.2 Å². The minimum atomic E-state index is -4.38. The number of carbonyl (C=O) groups excluding carboxylic acids is 2. The molecule has 7 heteroatoms. The Morgan fingerprint density at radius 3 is 2.43 bits per heavy atom. The normalized spacial score (nSPS) is 14.1. The van der Waals surface area contributed by atoms with E-state index < -0.39 is 11.7 Å². The number of alkyl halides is 3. The molecular formula is C21H19F3N2O2. The molecule has 3 rings (SSSR count). The molecule has 146 valence electrons. The first-order valence-corrected chi connectivity index (χ1v) is 8.84. The highest BCUT2D eigenvalue weighted by Crippen LogP contribution is 2.30. The van der Waals surface area contributed by atoms with E-state index in [-0.39, 0.29) is 24.3 Å². The van der Waals surface area contributed by atoms with E-state index in [0.29, 0.717) is 11.3 Å². The molecule has 2 aromatic rings. The summed E-state index contributed by atoms with van der Waals surface area (Å²) in [5, 5.41) is 5.55. The SMILES string of the molecule is O=C(/C=C/c1ccc(C(F)(F)F)cc1)NCc1cccc(NC(=O)C2CC2)c1. The van der Waals surface area contributed by atoms with Crippen LogP contribution in [0.1, 0.15) is 29.5 Å². The number of halogens is 3. The molecule has 0 aliphatic heterocycles. The number of anilines is 1. The van der Waals surface area contributed by atoms with E-state index in [4.69, 9.17) is 0 Å². The topological polar surface area (TPSA) is 58.2 Å². The number of hydrogen-bond acceptors (Lipinski definition) is 2. The summed E-state index contributed by atoms with van der Waals surface area (Å²) in [6.07, 6.45) is 0.176. The zero-order chi connectivity index (χ0) is 20.1. The number of amides is 2. The van der Waals surface area contributed by atoms with Gasteiger partial charge in [-0.1, -0.05) is 24.3 Å². The zero-order valence-corrected chi connectivity index (χ0v) is 14.9. The van der Waals surface area contributed by atoms with Gasteiger partial charge in [0.15, 0.2) is 0 Å². The van der Waals surface area contributed by atoms with Crippen LogP contribution in [-0.2, 0) is 22.3 Å². The standard InChI is InChI=1S/C21H19F3N2O2/c22-21(23,24)17-9-4-14(5-10-17)6-11-19(27)25-13-15-2-1-3-18(12-15)26-20(28)16-7-8-16/h1-6,9-12,16H,7-8,13H2,(H,25,27)(H,26,28)/b11-6+. The lowest BCUT2D eigenvalue weighted by Crippen LogP contribution is -2.20. The molecule has 0 spiro atoms. The van der Waals surface area contributed by atoms with Gasteiger partial charge in [0.05, 0.1) is 5.56 Å². The Hall–Kier alpha value is -3.09. The van der Waals surface area contributed by atoms with Gasteiger partial charge >= 0.3 is 6.18 Å². The van der Waals surface area contributed by atoms with Crippen molar-refractivity contribution in [2.75, 3.05) is 5.32 Å². The summed E-state index contributed by atoms with van der Waals surface area (Å²) in [6.45, 7) is 0.267. The van der Waals surface area contributed by atoms with Crippen molar-refractivity contribution in [1.29, 1.82) is 0 Å². The highest BCUT2D eigenvalue weighted by atomic mass is 19.4. The second kappa shape index (κ2) is 8.29. The molecule has 0 unspecified atom stereocenters. The fourth-order valence-electron chi connectivity index (χ4n) is 2.55. The predicted molar refractivity (Wildman–Crippen MR) is 100 cm³/mol. The number of rotatable bonds is 6. The molecule has 0 radical (unpaired) electrons. The number of benzene rings is 2. The van der Waals surface area contributed by atoms with E-state index in [1.807, 2.05) is 6.07 Å². The van der Waals surface area contributed by atoms with Crippen LogP contribution >= 0.6 is 0 Å². The third-order valence-electron chi connectivity index (χ3n) is 4.27. The van der Waals surface area contributed by atoms with Crippen molar-refractivity contribution in [2.24, 2.45) is 5.92 Å². The molecule has 4 nitrogen and oxygen atoms in total. The van der Waals surface area contributed by atoms with E-state index in [1.165, 1.54) is 24.3 Å². The molecular weight excluding hydrogens is 369 g/mol. The summed E-state index contributed by atoms with van der Waals surface area (Å²) in [7, 11) is 0. The fourth-order valence-corrected chi connectivity index (χ4v) is 2.55. The maximum Gasteiger partial charge on any atom is 0.416 e. The monoisotopic (exact) mass is 388 g/mol. The van der Waals surface area contributed by atoms with Crippen molar-refractivity contribution in [3.05, 3.63) is 71.3 Å². The van der Waals surface area contributed by atoms with E-state index in [9.17, 15) is 22.8 Å². The van der Waals surface area contributed by atoms with Gasteiger partial charge in [0.2, 0.25) is 11.8 Å². The summed E-state index contributed by atoms with van der Waals surface area (Å²) < 4.78 is 37.6. The van der Waals surface area contributed by atoms with Crippen molar-refractivity contribution >= 4 is 23.6 Å². The molecule has 0 bridgehead atoms. The Bertz CT molecular complexity index is 885. The van der Waals surface area contributed by atoms with Gasteiger partial charge in [-0.15, -0.1) is 0 Å². The van der Waals surface area contributed by atoms with Crippen LogP contribution in [0.5, 0.6) is 0 Å². The first-order chi connectivity index (χ1) is 13.3. The lowest BCUT2D eigenvalue weighted by Gasteiger charge is -2.08. The number of hydrogen-bond donors (Lipinski definition) is 2. The second-order valence-electron chi connectivity index (χ2n) is 6.63. The summed E-state index contributed by atoms with van der Waals surface area (Å²) in [6, 6.07) is 11.8. The highest BCUT2D eigenvalue weighted by Gasteiger charge is 2.30. The summed E-state index contributed by atoms with van der Waals surface area (Å²) in [4.78, 5) is 23.7. The van der Waals surface area contributed by atoms with Crippen LogP contribution in [0.3, 0.4) is 0 Å². The van der Waals surface area contributed by atoms with Gasteiger partial charge in [-0.25, -0.2) is 0 Å². The lowest BCUT2D eigenvalue weighted by atomic mass is 10.1. The van der Waals surface area contributed by atoms with Crippen LogP contribution in [0.4, 0.5) is 18.9 Å². The van der Waals surface area contributed by atoms with E-state index in [2.05, 4.69) is 10.6 Å². The molecule has 1 aliphatic rings. The van der Waals surface area contributed by atoms with E-state index in [0.717, 1.165) is 30.5 Å². The van der Waals surface area contributed by atoms with Crippen LogP contribution in [0.25, 0.3) is 6.08 Å². The minimum Gasteiger partial charge on any atom is -0.348 e. The molecule has 0 saturated heterocycles. The fraction of sp³-hybridized carbons (Fsp3) is 0.238. The average Bonchev–Trinajstić information content (AvgIpc) is 3.50. The van der Waals surface area contributed by atoms with Crippen molar-refractivity contribution < 1.29 is 22.8 Å². The van der Waals surface area contributed by atoms with Gasteiger partial charge in [0, 0.05) is 24.2 Å². The number of nitrogens with one attached hydrogen (secondary N) is 2. The maximum absolute atomic E-state index is 12.5. The van der Waals surface area contributed by atoms with Gasteiger partial charge in [0.25, 0.3) is 0 Å². The molecule has 2 aromatic carbocycles.